The van der Waals surface area contributed by atoms with E-state index in [9.17, 15) is 22.8 Å². The van der Waals surface area contributed by atoms with Crippen LogP contribution in [0.5, 0.6) is 0 Å². The van der Waals surface area contributed by atoms with E-state index in [1.54, 1.807) is 13.8 Å². The van der Waals surface area contributed by atoms with Gasteiger partial charge < -0.3 is 9.80 Å². The van der Waals surface area contributed by atoms with Gasteiger partial charge in [-0.15, -0.1) is 0 Å². The minimum Gasteiger partial charge on any atom is -0.335 e. The largest absolute Gasteiger partial charge is 0.410 e. The molecule has 9 heteroatoms. The molecule has 1 saturated heterocycles. The van der Waals surface area contributed by atoms with E-state index in [1.807, 2.05) is 0 Å². The van der Waals surface area contributed by atoms with E-state index in [0.717, 1.165) is 15.9 Å². The Morgan fingerprint density at radius 3 is 2.54 bits per heavy atom. The Morgan fingerprint density at radius 1 is 1.33 bits per heavy atom. The topological polar surface area (TPSA) is 66.4 Å². The van der Waals surface area contributed by atoms with E-state index < -0.39 is 30.6 Å². The highest BCUT2D eigenvalue weighted by molar-refractivity contribution is 5.95. The molecule has 2 rings (SSSR count). The Morgan fingerprint density at radius 2 is 2.00 bits per heavy atom. The molecule has 1 aliphatic rings. The molecule has 2 heterocycles. The lowest BCUT2D eigenvalue weighted by Gasteiger charge is -2.41. The summed E-state index contributed by atoms with van der Waals surface area (Å²) >= 11 is 0. The second-order valence-corrected chi connectivity index (χ2v) is 5.46. The Labute approximate surface area is 137 Å². The molecule has 0 saturated carbocycles. The summed E-state index contributed by atoms with van der Waals surface area (Å²) in [5.41, 5.74) is 0.344. The summed E-state index contributed by atoms with van der Waals surface area (Å²) in [4.78, 5) is 33.8. The Kier molecular flexibility index (Phi) is 4.91. The minimum absolute atomic E-state index is 0.00887. The van der Waals surface area contributed by atoms with Crippen LogP contribution in [0, 0.1) is 13.8 Å². The number of aryl methyl sites for hydroxylation is 2. The van der Waals surface area contributed by atoms with Crippen LogP contribution >= 0.6 is 0 Å². The van der Waals surface area contributed by atoms with Crippen molar-refractivity contribution < 1.29 is 22.8 Å². The lowest BCUT2D eigenvalue weighted by Crippen LogP contribution is -2.61. The van der Waals surface area contributed by atoms with Gasteiger partial charge in [0.25, 0.3) is 5.91 Å². The first-order chi connectivity index (χ1) is 11.1. The van der Waals surface area contributed by atoms with Gasteiger partial charge in [0.2, 0.25) is 5.91 Å². The van der Waals surface area contributed by atoms with Crippen LogP contribution in [0.1, 0.15) is 21.9 Å². The normalized spacial score (nSPS) is 18.5. The van der Waals surface area contributed by atoms with Crippen molar-refractivity contribution in [2.24, 2.45) is 0 Å². The number of halogens is 3. The van der Waals surface area contributed by atoms with Crippen LogP contribution in [0.4, 0.5) is 13.2 Å². The number of carbonyl (C=O) groups is 2. The highest BCUT2D eigenvalue weighted by Crippen LogP contribution is 2.29. The van der Waals surface area contributed by atoms with Crippen molar-refractivity contribution in [1.82, 2.24) is 19.8 Å². The van der Waals surface area contributed by atoms with E-state index in [2.05, 4.69) is 16.5 Å². The van der Waals surface area contributed by atoms with Crippen LogP contribution in [-0.4, -0.2) is 63.4 Å². The molecule has 0 N–H and O–H groups in total. The van der Waals surface area contributed by atoms with Crippen molar-refractivity contribution in [3.8, 4) is 0 Å². The average molecular weight is 342 g/mol. The molecule has 0 aliphatic carbocycles. The van der Waals surface area contributed by atoms with E-state index in [-0.39, 0.29) is 18.7 Å². The minimum atomic E-state index is -4.66. The number of alkyl halides is 3. The number of nitrogens with zero attached hydrogens (tertiary/aromatic N) is 4. The summed E-state index contributed by atoms with van der Waals surface area (Å²) in [6.07, 6.45) is -2.47. The van der Waals surface area contributed by atoms with Gasteiger partial charge in [-0.25, -0.2) is 9.97 Å². The molecule has 0 bridgehead atoms. The van der Waals surface area contributed by atoms with Gasteiger partial charge in [0.15, 0.2) is 0 Å². The smallest absolute Gasteiger partial charge is 0.335 e. The molecule has 2 amide bonds. The molecule has 1 aromatic rings. The molecular weight excluding hydrogens is 325 g/mol. The first kappa shape index (κ1) is 17.9. The first-order valence-corrected chi connectivity index (χ1v) is 7.24. The molecule has 1 unspecified atom stereocenters. The van der Waals surface area contributed by atoms with Crippen LogP contribution in [0.3, 0.4) is 0 Å². The van der Waals surface area contributed by atoms with Crippen LogP contribution < -0.4 is 0 Å². The molecule has 24 heavy (non-hydrogen) atoms. The zero-order chi connectivity index (χ0) is 18.1. The summed E-state index contributed by atoms with van der Waals surface area (Å²) in [5.74, 6) is -0.954. The predicted octanol–water partition coefficient (Wildman–Crippen LogP) is 1.49. The van der Waals surface area contributed by atoms with Gasteiger partial charge in [0.1, 0.15) is 11.9 Å². The van der Waals surface area contributed by atoms with Crippen LogP contribution in [-0.2, 0) is 4.79 Å². The average Bonchev–Trinajstić information content (AvgIpc) is 2.52. The van der Waals surface area contributed by atoms with Crippen molar-refractivity contribution >= 4 is 11.8 Å². The van der Waals surface area contributed by atoms with Crippen LogP contribution in [0.2, 0.25) is 0 Å². The highest BCUT2D eigenvalue weighted by Gasteiger charge is 2.49. The van der Waals surface area contributed by atoms with Crippen molar-refractivity contribution in [2.45, 2.75) is 26.1 Å². The van der Waals surface area contributed by atoms with Gasteiger partial charge >= 0.3 is 6.18 Å². The maximum atomic E-state index is 13.4. The van der Waals surface area contributed by atoms with Gasteiger partial charge in [0.05, 0.1) is 17.8 Å². The van der Waals surface area contributed by atoms with Gasteiger partial charge in [-0.1, -0.05) is 6.58 Å². The zero-order valence-electron chi connectivity index (χ0n) is 13.3. The molecule has 1 atom stereocenters. The summed E-state index contributed by atoms with van der Waals surface area (Å²) in [5, 5.41) is 0. The van der Waals surface area contributed by atoms with Crippen molar-refractivity contribution in [2.75, 3.05) is 19.6 Å². The summed E-state index contributed by atoms with van der Waals surface area (Å²) in [6, 6.07) is -2.08. The molecule has 1 aromatic heterocycles. The van der Waals surface area contributed by atoms with Crippen LogP contribution in [0.15, 0.2) is 18.9 Å². The molecule has 130 valence electrons. The van der Waals surface area contributed by atoms with E-state index >= 15 is 0 Å². The van der Waals surface area contributed by atoms with Crippen molar-refractivity contribution in [3.63, 3.8) is 0 Å². The first-order valence-electron chi connectivity index (χ1n) is 7.24. The number of carbonyl (C=O) groups excluding carboxylic acids is 2. The SMILES string of the molecule is C=CC(=O)N1CCN(C(=O)c2cnc(C)nc2C)C(C(F)(F)F)C1. The number of hydrogen-bond acceptors (Lipinski definition) is 4. The second-order valence-electron chi connectivity index (χ2n) is 5.46. The summed E-state index contributed by atoms with van der Waals surface area (Å²) in [7, 11) is 0. The lowest BCUT2D eigenvalue weighted by molar-refractivity contribution is -0.189. The standard InChI is InChI=1S/C15H17F3N4O2/c1-4-13(23)21-5-6-22(12(8-21)15(16,17)18)14(24)11-7-19-10(3)20-9(11)2/h4,7,12H,1,5-6,8H2,2-3H3. The second kappa shape index (κ2) is 6.58. The summed E-state index contributed by atoms with van der Waals surface area (Å²) in [6.45, 7) is 5.61. The fourth-order valence-electron chi connectivity index (χ4n) is 2.58. The summed E-state index contributed by atoms with van der Waals surface area (Å²) < 4.78 is 40.2. The molecule has 0 aromatic carbocycles. The number of rotatable bonds is 2. The van der Waals surface area contributed by atoms with Gasteiger partial charge in [0, 0.05) is 19.3 Å². The molecule has 0 radical (unpaired) electrons. The molecule has 1 fully saturated rings. The number of piperazine rings is 1. The van der Waals surface area contributed by atoms with Gasteiger partial charge in [-0.3, -0.25) is 9.59 Å². The number of aromatic nitrogens is 2. The molecule has 6 nitrogen and oxygen atoms in total. The Balaban J connectivity index is 2.32. The van der Waals surface area contributed by atoms with Gasteiger partial charge in [-0.2, -0.15) is 13.2 Å². The lowest BCUT2D eigenvalue weighted by atomic mass is 10.1. The molecule has 1 aliphatic heterocycles. The van der Waals surface area contributed by atoms with E-state index in [0.29, 0.717) is 11.5 Å². The highest BCUT2D eigenvalue weighted by atomic mass is 19.4. The van der Waals surface area contributed by atoms with Crippen LogP contribution in [0.25, 0.3) is 0 Å². The monoisotopic (exact) mass is 342 g/mol. The maximum Gasteiger partial charge on any atom is 0.410 e. The third-order valence-electron chi connectivity index (χ3n) is 3.84. The van der Waals surface area contributed by atoms with Crippen molar-refractivity contribution in [1.29, 1.82) is 0 Å². The Hall–Kier alpha value is -2.45. The van der Waals surface area contributed by atoms with E-state index in [4.69, 9.17) is 0 Å². The molecule has 0 spiro atoms. The zero-order valence-corrected chi connectivity index (χ0v) is 13.3. The Bertz CT molecular complexity index is 675. The third kappa shape index (κ3) is 3.55. The van der Waals surface area contributed by atoms with Crippen molar-refractivity contribution in [3.05, 3.63) is 35.9 Å². The van der Waals surface area contributed by atoms with Gasteiger partial charge in [-0.05, 0) is 19.9 Å². The quantitative estimate of drug-likeness (QED) is 0.764. The fraction of sp³-hybridized carbons (Fsp3) is 0.467. The number of hydrogen-bond donors (Lipinski definition) is 0. The third-order valence-corrected chi connectivity index (χ3v) is 3.84. The van der Waals surface area contributed by atoms with E-state index in [1.165, 1.54) is 6.20 Å². The fourth-order valence-corrected chi connectivity index (χ4v) is 2.58. The molecular formula is C15H17F3N4O2. The number of amides is 2. The maximum absolute atomic E-state index is 13.4. The predicted molar refractivity (Wildman–Crippen MR) is 79.2 cm³/mol.